The highest BCUT2D eigenvalue weighted by Crippen LogP contribution is 2.41. The van der Waals surface area contributed by atoms with E-state index in [0.29, 0.717) is 11.1 Å². The van der Waals surface area contributed by atoms with Gasteiger partial charge in [0.25, 0.3) is 5.91 Å². The van der Waals surface area contributed by atoms with E-state index in [-0.39, 0.29) is 36.1 Å². The maximum atomic E-state index is 14.1. The lowest BCUT2D eigenvalue weighted by atomic mass is 9.81. The second-order valence-electron chi connectivity index (χ2n) is 11.1. The van der Waals surface area contributed by atoms with E-state index in [4.69, 9.17) is 5.73 Å². The molecule has 0 spiro atoms. The molecule has 4 rings (SSSR count). The number of phenolic OH excluding ortho intramolecular Hbond substituents is 1. The normalized spacial score (nSPS) is 18.4. The van der Waals surface area contributed by atoms with E-state index in [1.165, 1.54) is 34.9 Å². The number of phenols is 1. The molecule has 216 valence electrons. The zero-order valence-electron chi connectivity index (χ0n) is 23.8. The molecule has 0 aliphatic carbocycles. The Bertz CT molecular complexity index is 1440. The number of aliphatic hydroxyl groups is 1. The van der Waals surface area contributed by atoms with Gasteiger partial charge >= 0.3 is 0 Å². The number of hydrogen-bond acceptors (Lipinski definition) is 7. The lowest BCUT2D eigenvalue weighted by Crippen LogP contribution is -2.65. The second-order valence-corrected chi connectivity index (χ2v) is 12.7. The number of amides is 2. The number of nitrogens with zero attached hydrogens (tertiary/aromatic N) is 1. The van der Waals surface area contributed by atoms with Crippen LogP contribution in [0.25, 0.3) is 0 Å². The third-order valence-electron chi connectivity index (χ3n) is 7.81. The molecule has 1 aliphatic rings. The average molecular weight is 576 g/mol. The quantitative estimate of drug-likeness (QED) is 0.226. The predicted octanol–water partition coefficient (Wildman–Crippen LogP) is 3.69. The minimum atomic E-state index is -2.64. The third kappa shape index (κ3) is 6.32. The summed E-state index contributed by atoms with van der Waals surface area (Å²) in [6.45, 7) is 7.55. The van der Waals surface area contributed by atoms with Gasteiger partial charge in [0.05, 0.1) is 11.8 Å². The van der Waals surface area contributed by atoms with Gasteiger partial charge in [0.2, 0.25) is 11.6 Å². The van der Waals surface area contributed by atoms with Crippen molar-refractivity contribution < 1.29 is 24.6 Å². The zero-order valence-corrected chi connectivity index (χ0v) is 24.6. The number of ketones is 1. The molecule has 1 aliphatic heterocycles. The Morgan fingerprint density at radius 1 is 1.05 bits per heavy atom. The van der Waals surface area contributed by atoms with Crippen molar-refractivity contribution in [3.8, 4) is 5.75 Å². The van der Waals surface area contributed by atoms with Crippen molar-refractivity contribution in [1.29, 1.82) is 0 Å². The molecular formula is C32H37N3O5S. The Kier molecular flexibility index (Phi) is 8.91. The van der Waals surface area contributed by atoms with Crippen LogP contribution in [-0.2, 0) is 22.6 Å². The summed E-state index contributed by atoms with van der Waals surface area (Å²) in [4.78, 5) is 42.8. The fraction of sp³-hybridized carbons (Fsp3) is 0.344. The molecule has 0 bridgehead atoms. The van der Waals surface area contributed by atoms with Crippen molar-refractivity contribution >= 4 is 29.4 Å². The number of carbonyl (C=O) groups is 3. The van der Waals surface area contributed by atoms with E-state index in [1.54, 1.807) is 31.2 Å². The van der Waals surface area contributed by atoms with Gasteiger partial charge in [-0.2, -0.15) is 0 Å². The monoisotopic (exact) mass is 575 g/mol. The largest absolute Gasteiger partial charge is 0.508 e. The Morgan fingerprint density at radius 2 is 1.71 bits per heavy atom. The van der Waals surface area contributed by atoms with Crippen LogP contribution in [0.3, 0.4) is 0 Å². The van der Waals surface area contributed by atoms with Crippen molar-refractivity contribution in [1.82, 2.24) is 10.2 Å². The molecule has 9 heteroatoms. The number of hydrogen-bond donors (Lipinski definition) is 4. The highest BCUT2D eigenvalue weighted by molar-refractivity contribution is 8.00. The fourth-order valence-electron chi connectivity index (χ4n) is 5.24. The molecule has 0 aromatic heterocycles. The number of carbonyl (C=O) groups excluding carboxylic acids is 3. The van der Waals surface area contributed by atoms with Crippen LogP contribution in [0, 0.1) is 19.8 Å². The number of aryl methyl sites for hydroxylation is 1. The van der Waals surface area contributed by atoms with Gasteiger partial charge < -0.3 is 20.4 Å². The maximum Gasteiger partial charge on any atom is 0.271 e. The van der Waals surface area contributed by atoms with Crippen molar-refractivity contribution in [2.24, 2.45) is 11.7 Å². The summed E-state index contributed by atoms with van der Waals surface area (Å²) in [6.07, 6.45) is -0.0258. The van der Waals surface area contributed by atoms with Crippen LogP contribution in [0.5, 0.6) is 5.75 Å². The molecule has 8 nitrogen and oxygen atoms in total. The van der Waals surface area contributed by atoms with Crippen molar-refractivity contribution in [3.63, 3.8) is 0 Å². The number of nitrogens with one attached hydrogen (secondary N) is 1. The van der Waals surface area contributed by atoms with Crippen molar-refractivity contribution in [3.05, 3.63) is 101 Å². The summed E-state index contributed by atoms with van der Waals surface area (Å²) < 4.78 is -0.678. The van der Waals surface area contributed by atoms with E-state index >= 15 is 0 Å². The Labute approximate surface area is 244 Å². The number of benzene rings is 3. The Morgan fingerprint density at radius 3 is 2.39 bits per heavy atom. The molecule has 1 unspecified atom stereocenters. The first-order chi connectivity index (χ1) is 19.3. The molecule has 0 saturated carbocycles. The van der Waals surface area contributed by atoms with Gasteiger partial charge in [-0.1, -0.05) is 66.7 Å². The summed E-state index contributed by atoms with van der Waals surface area (Å²) in [7, 11) is 0. The van der Waals surface area contributed by atoms with Gasteiger partial charge in [-0.3, -0.25) is 20.1 Å². The number of nitrogens with two attached hydrogens (primary N) is 1. The fourth-order valence-corrected chi connectivity index (χ4v) is 6.37. The number of rotatable bonds is 9. The number of thioether (sulfide) groups is 1. The van der Waals surface area contributed by atoms with E-state index in [1.807, 2.05) is 51.1 Å². The molecule has 5 N–H and O–H groups in total. The third-order valence-corrected chi connectivity index (χ3v) is 9.19. The lowest BCUT2D eigenvalue weighted by Gasteiger charge is -2.37. The van der Waals surface area contributed by atoms with Gasteiger partial charge in [-0.25, -0.2) is 0 Å². The van der Waals surface area contributed by atoms with Crippen LogP contribution in [0.4, 0.5) is 0 Å². The minimum absolute atomic E-state index is 0.0258. The van der Waals surface area contributed by atoms with Crippen molar-refractivity contribution in [2.75, 3.05) is 5.88 Å². The molecule has 41 heavy (non-hydrogen) atoms. The van der Waals surface area contributed by atoms with Crippen LogP contribution in [0.2, 0.25) is 0 Å². The molecule has 2 amide bonds. The van der Waals surface area contributed by atoms with E-state index in [9.17, 15) is 24.6 Å². The molecule has 1 saturated heterocycles. The molecule has 1 heterocycles. The van der Waals surface area contributed by atoms with Gasteiger partial charge in [0, 0.05) is 22.4 Å². The smallest absolute Gasteiger partial charge is 0.271 e. The van der Waals surface area contributed by atoms with E-state index < -0.39 is 34.1 Å². The highest BCUT2D eigenvalue weighted by atomic mass is 32.2. The molecule has 0 radical (unpaired) electrons. The van der Waals surface area contributed by atoms with Crippen LogP contribution >= 0.6 is 11.8 Å². The maximum absolute atomic E-state index is 14.1. The van der Waals surface area contributed by atoms with Crippen LogP contribution < -0.4 is 11.1 Å². The topological polar surface area (TPSA) is 133 Å². The van der Waals surface area contributed by atoms with Crippen molar-refractivity contribution in [2.45, 2.75) is 57.2 Å². The first kappa shape index (κ1) is 30.3. The van der Waals surface area contributed by atoms with E-state index in [0.717, 1.165) is 11.1 Å². The van der Waals surface area contributed by atoms with Crippen LogP contribution in [-0.4, -0.2) is 55.1 Å². The SMILES string of the molecule is Cc1ccccc1CNC(=O)C1N(C(=O)[C@@](N)(O)[C@H](Cc2ccccc2)C(=O)c2cccc(O)c2C)CSC1(C)C. The average Bonchev–Trinajstić information content (AvgIpc) is 3.26. The molecule has 1 fully saturated rings. The van der Waals surface area contributed by atoms with E-state index in [2.05, 4.69) is 5.32 Å². The summed E-state index contributed by atoms with van der Waals surface area (Å²) in [6, 6.07) is 20.3. The van der Waals surface area contributed by atoms with Gasteiger partial charge in [0.15, 0.2) is 5.78 Å². The summed E-state index contributed by atoms with van der Waals surface area (Å²) >= 11 is 1.40. The first-order valence-electron chi connectivity index (χ1n) is 13.5. The lowest BCUT2D eigenvalue weighted by molar-refractivity contribution is -0.158. The second kappa shape index (κ2) is 12.1. The standard InChI is InChI=1S/C32H37N3O5S/c1-20-11-8-9-14-23(20)18-34-29(38)28-31(3,4)41-19-35(28)30(39)32(33,40)25(17-22-12-6-5-7-13-22)27(37)24-15-10-16-26(36)21(24)2/h5-16,25,28,36,40H,17-19,33H2,1-4H3,(H,34,38)/t25-,28?,32+/m1/s1. The molecule has 3 aromatic rings. The summed E-state index contributed by atoms with van der Waals surface area (Å²) in [5, 5.41) is 24.9. The molecular weight excluding hydrogens is 538 g/mol. The van der Waals surface area contributed by atoms with Gasteiger partial charge in [-0.15, -0.1) is 11.8 Å². The number of Topliss-reactive ketones (excluding diaryl/α,β-unsaturated/α-hetero) is 1. The van der Waals surface area contributed by atoms with Gasteiger partial charge in [-0.05, 0) is 56.9 Å². The molecule has 3 atom stereocenters. The Balaban J connectivity index is 1.66. The Hall–Kier alpha value is -3.66. The summed E-state index contributed by atoms with van der Waals surface area (Å²) in [5.74, 6) is -3.20. The summed E-state index contributed by atoms with van der Waals surface area (Å²) in [5.41, 5.74) is 6.96. The molecule has 3 aromatic carbocycles. The predicted molar refractivity (Wildman–Crippen MR) is 160 cm³/mol. The minimum Gasteiger partial charge on any atom is -0.508 e. The van der Waals surface area contributed by atoms with Crippen LogP contribution in [0.15, 0.2) is 72.8 Å². The van der Waals surface area contributed by atoms with Gasteiger partial charge in [0.1, 0.15) is 11.8 Å². The number of aromatic hydroxyl groups is 1. The highest BCUT2D eigenvalue weighted by Gasteiger charge is 2.54. The zero-order chi connectivity index (χ0) is 29.9. The first-order valence-corrected chi connectivity index (χ1v) is 14.5. The van der Waals surface area contributed by atoms with Crippen LogP contribution in [0.1, 0.15) is 46.5 Å².